The summed E-state index contributed by atoms with van der Waals surface area (Å²) in [5.74, 6) is 1.07. The summed E-state index contributed by atoms with van der Waals surface area (Å²) < 4.78 is 0. The van der Waals surface area contributed by atoms with Crippen molar-refractivity contribution >= 4 is 17.5 Å². The minimum absolute atomic E-state index is 0.245. The molecule has 1 fully saturated rings. The normalized spacial score (nSPS) is 17.9. The highest BCUT2D eigenvalue weighted by Crippen LogP contribution is 2.22. The third-order valence-electron chi connectivity index (χ3n) is 4.03. The van der Waals surface area contributed by atoms with Gasteiger partial charge in [-0.25, -0.2) is 15.4 Å². The zero-order valence-corrected chi connectivity index (χ0v) is 13.6. The van der Waals surface area contributed by atoms with Crippen LogP contribution in [0, 0.1) is 0 Å². The van der Waals surface area contributed by atoms with Gasteiger partial charge >= 0.3 is 0 Å². The maximum atomic E-state index is 12.0. The molecule has 0 aliphatic carbocycles. The fourth-order valence-corrected chi connectivity index (χ4v) is 2.79. The van der Waals surface area contributed by atoms with Crippen molar-refractivity contribution < 1.29 is 4.79 Å². The molecule has 0 atom stereocenters. The zero-order chi connectivity index (χ0) is 16.2. The van der Waals surface area contributed by atoms with Gasteiger partial charge in [0, 0.05) is 39.1 Å². The molecule has 1 aromatic rings. The van der Waals surface area contributed by atoms with Crippen molar-refractivity contribution in [3.05, 3.63) is 23.8 Å². The van der Waals surface area contributed by atoms with Gasteiger partial charge in [-0.1, -0.05) is 0 Å². The van der Waals surface area contributed by atoms with Crippen molar-refractivity contribution in [2.75, 3.05) is 43.9 Å². The molecule has 0 bridgehead atoms. The van der Waals surface area contributed by atoms with E-state index in [0.717, 1.165) is 24.6 Å². The number of nitrogens with zero attached hydrogens (tertiary/aromatic N) is 4. The lowest BCUT2D eigenvalue weighted by Crippen LogP contribution is -2.31. The number of piperidine rings is 1. The van der Waals surface area contributed by atoms with E-state index >= 15 is 0 Å². The summed E-state index contributed by atoms with van der Waals surface area (Å²) in [5.41, 5.74) is 4.41. The van der Waals surface area contributed by atoms with Crippen molar-refractivity contribution in [3.8, 4) is 0 Å². The molecule has 3 N–H and O–H groups in total. The van der Waals surface area contributed by atoms with Crippen molar-refractivity contribution in [1.82, 2.24) is 25.7 Å². The van der Waals surface area contributed by atoms with Gasteiger partial charge in [-0.15, -0.1) is 0 Å². The first-order valence-electron chi connectivity index (χ1n) is 7.95. The topological polar surface area (TPSA) is 85.4 Å². The molecular weight excluding hydrogens is 294 g/mol. The molecule has 2 aliphatic rings. The molecule has 0 radical (unpaired) electrons. The lowest BCUT2D eigenvalue weighted by Gasteiger charge is -2.28. The van der Waals surface area contributed by atoms with E-state index in [1.165, 1.54) is 19.3 Å². The second-order valence-corrected chi connectivity index (χ2v) is 5.78. The number of hydrazine groups is 1. The Morgan fingerprint density at radius 3 is 2.74 bits per heavy atom. The molecule has 0 spiro atoms. The van der Waals surface area contributed by atoms with E-state index < -0.39 is 0 Å². The summed E-state index contributed by atoms with van der Waals surface area (Å²) >= 11 is 0. The van der Waals surface area contributed by atoms with Gasteiger partial charge in [0.2, 0.25) is 0 Å². The standard InChI is InChI=1S/C15H23N7O/c1-16-15(23)13-14(19-11-8-18-21(2)10-11)20-12(9-17-13)22-6-4-3-5-7-22/h9-10,18H,3-8H2,1-2H3,(H,16,23)(H,19,20). The van der Waals surface area contributed by atoms with E-state index in [1.807, 2.05) is 18.3 Å². The van der Waals surface area contributed by atoms with Crippen LogP contribution in [0.2, 0.25) is 0 Å². The summed E-state index contributed by atoms with van der Waals surface area (Å²) in [5, 5.41) is 7.71. The van der Waals surface area contributed by atoms with Gasteiger partial charge in [-0.2, -0.15) is 0 Å². The maximum absolute atomic E-state index is 12.0. The SMILES string of the molecule is CNC(=O)c1ncc(N2CCCCC2)nc1NC1=CN(C)NC1. The Bertz CT molecular complexity index is 610. The van der Waals surface area contributed by atoms with Crippen LogP contribution in [-0.2, 0) is 0 Å². The number of anilines is 2. The Kier molecular flexibility index (Phi) is 4.61. The van der Waals surface area contributed by atoms with Crippen LogP contribution in [0.5, 0.6) is 0 Å². The summed E-state index contributed by atoms with van der Waals surface area (Å²) in [6.07, 6.45) is 7.22. The summed E-state index contributed by atoms with van der Waals surface area (Å²) in [4.78, 5) is 23.3. The minimum Gasteiger partial charge on any atom is -0.355 e. The average molecular weight is 317 g/mol. The van der Waals surface area contributed by atoms with E-state index in [9.17, 15) is 4.79 Å². The van der Waals surface area contributed by atoms with Crippen LogP contribution in [0.3, 0.4) is 0 Å². The molecule has 1 saturated heterocycles. The number of hydrogen-bond acceptors (Lipinski definition) is 7. The van der Waals surface area contributed by atoms with Gasteiger partial charge in [0.25, 0.3) is 5.91 Å². The lowest BCUT2D eigenvalue weighted by atomic mass is 10.1. The monoisotopic (exact) mass is 317 g/mol. The first kappa shape index (κ1) is 15.5. The van der Waals surface area contributed by atoms with Gasteiger partial charge in [0.1, 0.15) is 5.82 Å². The van der Waals surface area contributed by atoms with Crippen LogP contribution >= 0.6 is 0 Å². The zero-order valence-electron chi connectivity index (χ0n) is 13.6. The second-order valence-electron chi connectivity index (χ2n) is 5.78. The fourth-order valence-electron chi connectivity index (χ4n) is 2.79. The van der Waals surface area contributed by atoms with Crippen LogP contribution in [0.1, 0.15) is 29.8 Å². The smallest absolute Gasteiger partial charge is 0.273 e. The van der Waals surface area contributed by atoms with Gasteiger partial charge in [-0.3, -0.25) is 4.79 Å². The summed E-state index contributed by atoms with van der Waals surface area (Å²) in [6.45, 7) is 2.64. The summed E-state index contributed by atoms with van der Waals surface area (Å²) in [6, 6.07) is 0. The van der Waals surface area contributed by atoms with E-state index in [1.54, 1.807) is 13.2 Å². The first-order chi connectivity index (χ1) is 11.2. The van der Waals surface area contributed by atoms with Crippen LogP contribution in [-0.4, -0.2) is 54.6 Å². The van der Waals surface area contributed by atoms with Crippen molar-refractivity contribution in [3.63, 3.8) is 0 Å². The van der Waals surface area contributed by atoms with Crippen LogP contribution in [0.15, 0.2) is 18.1 Å². The van der Waals surface area contributed by atoms with E-state index in [2.05, 4.69) is 30.9 Å². The Hall–Kier alpha value is -2.35. The quantitative estimate of drug-likeness (QED) is 0.747. The molecule has 3 rings (SSSR count). The maximum Gasteiger partial charge on any atom is 0.273 e. The molecule has 23 heavy (non-hydrogen) atoms. The molecule has 1 aromatic heterocycles. The number of aromatic nitrogens is 2. The second kappa shape index (κ2) is 6.82. The van der Waals surface area contributed by atoms with Gasteiger partial charge in [0.15, 0.2) is 11.5 Å². The number of carbonyl (C=O) groups is 1. The lowest BCUT2D eigenvalue weighted by molar-refractivity contribution is 0.0959. The molecule has 1 amide bonds. The van der Waals surface area contributed by atoms with Crippen molar-refractivity contribution in [1.29, 1.82) is 0 Å². The predicted octanol–water partition coefficient (Wildman–Crippen LogP) is 0.530. The largest absolute Gasteiger partial charge is 0.355 e. The number of carbonyl (C=O) groups excluding carboxylic acids is 1. The van der Waals surface area contributed by atoms with E-state index in [-0.39, 0.29) is 5.91 Å². The average Bonchev–Trinajstić information content (AvgIpc) is 3.00. The molecule has 8 heteroatoms. The Morgan fingerprint density at radius 1 is 1.30 bits per heavy atom. The Balaban J connectivity index is 1.88. The highest BCUT2D eigenvalue weighted by Gasteiger charge is 2.20. The number of amides is 1. The first-order valence-corrected chi connectivity index (χ1v) is 7.95. The molecular formula is C15H23N7O. The van der Waals surface area contributed by atoms with E-state index in [4.69, 9.17) is 0 Å². The van der Waals surface area contributed by atoms with Gasteiger partial charge < -0.3 is 20.5 Å². The molecule has 0 aromatic carbocycles. The highest BCUT2D eigenvalue weighted by molar-refractivity contribution is 5.97. The predicted molar refractivity (Wildman–Crippen MR) is 89.0 cm³/mol. The summed E-state index contributed by atoms with van der Waals surface area (Å²) in [7, 11) is 3.51. The van der Waals surface area contributed by atoms with E-state index in [0.29, 0.717) is 18.1 Å². The number of rotatable bonds is 4. The molecule has 2 aliphatic heterocycles. The third kappa shape index (κ3) is 3.53. The number of hydrogen-bond donors (Lipinski definition) is 3. The Morgan fingerprint density at radius 2 is 2.09 bits per heavy atom. The number of nitrogens with one attached hydrogen (secondary N) is 3. The molecule has 0 unspecified atom stereocenters. The van der Waals surface area contributed by atoms with Crippen LogP contribution in [0.25, 0.3) is 0 Å². The van der Waals surface area contributed by atoms with Crippen molar-refractivity contribution in [2.24, 2.45) is 0 Å². The van der Waals surface area contributed by atoms with Gasteiger partial charge in [0.05, 0.1) is 12.7 Å². The molecule has 8 nitrogen and oxygen atoms in total. The van der Waals surface area contributed by atoms with Gasteiger partial charge in [-0.05, 0) is 19.3 Å². The highest BCUT2D eigenvalue weighted by atomic mass is 16.1. The van der Waals surface area contributed by atoms with Crippen LogP contribution < -0.4 is 21.0 Å². The van der Waals surface area contributed by atoms with Crippen LogP contribution in [0.4, 0.5) is 11.6 Å². The molecule has 124 valence electrons. The van der Waals surface area contributed by atoms with Crippen molar-refractivity contribution in [2.45, 2.75) is 19.3 Å². The third-order valence-corrected chi connectivity index (χ3v) is 4.03. The molecule has 3 heterocycles. The molecule has 0 saturated carbocycles. The fraction of sp³-hybridized carbons (Fsp3) is 0.533. The minimum atomic E-state index is -0.245. The Labute approximate surface area is 135 Å².